The molecule has 0 unspecified atom stereocenters. The molecule has 6 heteroatoms. The number of hydrogen-bond donors (Lipinski definition) is 0. The number of nitrogens with zero attached hydrogens (tertiary/aromatic N) is 1. The van der Waals surface area contributed by atoms with Gasteiger partial charge in [-0.1, -0.05) is 20.3 Å². The Balaban J connectivity index is 2.54. The minimum atomic E-state index is -0.541. The number of carbonyl (C=O) groups excluding carboxylic acids is 2. The molecule has 0 aliphatic carbocycles. The first-order valence-electron chi connectivity index (χ1n) is 6.40. The third-order valence-electron chi connectivity index (χ3n) is 2.87. The van der Waals surface area contributed by atoms with E-state index in [-0.39, 0.29) is 29.6 Å². The molecular weight excluding hydrogens is 262 g/mol. The molecule has 1 atom stereocenters. The summed E-state index contributed by atoms with van der Waals surface area (Å²) in [6.45, 7) is 3.37. The van der Waals surface area contributed by atoms with Gasteiger partial charge in [0.1, 0.15) is 0 Å². The summed E-state index contributed by atoms with van der Waals surface area (Å²) >= 11 is 0. The van der Waals surface area contributed by atoms with E-state index in [2.05, 4.69) is 0 Å². The number of esters is 1. The fourth-order valence-corrected chi connectivity index (χ4v) is 1.68. The van der Waals surface area contributed by atoms with Crippen LogP contribution < -0.4 is 0 Å². The van der Waals surface area contributed by atoms with Gasteiger partial charge in [-0.2, -0.15) is 0 Å². The van der Waals surface area contributed by atoms with Crippen LogP contribution in [0.15, 0.2) is 24.3 Å². The molecule has 0 aliphatic rings. The second-order valence-corrected chi connectivity index (χ2v) is 4.52. The van der Waals surface area contributed by atoms with Crippen molar-refractivity contribution in [1.82, 2.24) is 0 Å². The van der Waals surface area contributed by atoms with E-state index in [4.69, 9.17) is 4.74 Å². The van der Waals surface area contributed by atoms with Crippen LogP contribution in [0.5, 0.6) is 0 Å². The molecule has 0 amide bonds. The SMILES string of the molecule is CCC[C@@H](C)C(=O)OCC(=O)c1ccc([N+](=O)[O-])cc1. The minimum absolute atomic E-state index is 0.0879. The van der Waals surface area contributed by atoms with Crippen molar-refractivity contribution in [3.05, 3.63) is 39.9 Å². The fraction of sp³-hybridized carbons (Fsp3) is 0.429. The second-order valence-electron chi connectivity index (χ2n) is 4.52. The van der Waals surface area contributed by atoms with E-state index < -0.39 is 10.9 Å². The van der Waals surface area contributed by atoms with Crippen LogP contribution in [0.25, 0.3) is 0 Å². The molecule has 1 aromatic rings. The Labute approximate surface area is 116 Å². The van der Waals surface area contributed by atoms with Crippen molar-refractivity contribution in [2.45, 2.75) is 26.7 Å². The van der Waals surface area contributed by atoms with Gasteiger partial charge in [-0.15, -0.1) is 0 Å². The Bertz CT molecular complexity index is 495. The van der Waals surface area contributed by atoms with Gasteiger partial charge in [0.15, 0.2) is 12.4 Å². The van der Waals surface area contributed by atoms with Gasteiger partial charge in [0.25, 0.3) is 5.69 Å². The highest BCUT2D eigenvalue weighted by atomic mass is 16.6. The summed E-state index contributed by atoms with van der Waals surface area (Å²) in [5, 5.41) is 10.5. The lowest BCUT2D eigenvalue weighted by molar-refractivity contribution is -0.384. The zero-order chi connectivity index (χ0) is 15.1. The van der Waals surface area contributed by atoms with Crippen molar-refractivity contribution < 1.29 is 19.2 Å². The Morgan fingerprint density at radius 1 is 1.30 bits per heavy atom. The van der Waals surface area contributed by atoms with Crippen LogP contribution in [0.4, 0.5) is 5.69 Å². The van der Waals surface area contributed by atoms with Gasteiger partial charge < -0.3 is 4.74 Å². The smallest absolute Gasteiger partial charge is 0.309 e. The highest BCUT2D eigenvalue weighted by molar-refractivity contribution is 5.98. The van der Waals surface area contributed by atoms with Crippen molar-refractivity contribution in [2.75, 3.05) is 6.61 Å². The zero-order valence-corrected chi connectivity index (χ0v) is 11.5. The summed E-state index contributed by atoms with van der Waals surface area (Å²) in [6, 6.07) is 5.19. The summed E-state index contributed by atoms with van der Waals surface area (Å²) in [5.41, 5.74) is 0.196. The zero-order valence-electron chi connectivity index (χ0n) is 11.5. The highest BCUT2D eigenvalue weighted by Crippen LogP contribution is 2.13. The van der Waals surface area contributed by atoms with Crippen molar-refractivity contribution in [3.8, 4) is 0 Å². The number of ether oxygens (including phenoxy) is 1. The van der Waals surface area contributed by atoms with Crippen LogP contribution in [0.1, 0.15) is 37.0 Å². The van der Waals surface area contributed by atoms with Crippen LogP contribution in [0.2, 0.25) is 0 Å². The Morgan fingerprint density at radius 3 is 2.40 bits per heavy atom. The van der Waals surface area contributed by atoms with Crippen molar-refractivity contribution >= 4 is 17.4 Å². The first-order chi connectivity index (χ1) is 9.45. The van der Waals surface area contributed by atoms with Gasteiger partial charge in [-0.05, 0) is 18.6 Å². The van der Waals surface area contributed by atoms with E-state index in [1.54, 1.807) is 6.92 Å². The number of non-ortho nitro benzene ring substituents is 1. The lowest BCUT2D eigenvalue weighted by Gasteiger charge is -2.09. The number of Topliss-reactive ketones (excluding diaryl/α,β-unsaturated/α-hetero) is 1. The summed E-state index contributed by atoms with van der Waals surface area (Å²) in [7, 11) is 0. The van der Waals surface area contributed by atoms with Crippen LogP contribution in [0.3, 0.4) is 0 Å². The molecule has 0 spiro atoms. The maximum absolute atomic E-state index is 11.8. The van der Waals surface area contributed by atoms with E-state index in [1.807, 2.05) is 6.92 Å². The molecule has 0 aromatic heterocycles. The van der Waals surface area contributed by atoms with Gasteiger partial charge in [0, 0.05) is 17.7 Å². The fourth-order valence-electron chi connectivity index (χ4n) is 1.68. The predicted molar refractivity (Wildman–Crippen MR) is 72.5 cm³/mol. The van der Waals surface area contributed by atoms with Gasteiger partial charge in [0.2, 0.25) is 0 Å². The third-order valence-corrected chi connectivity index (χ3v) is 2.87. The molecule has 6 nitrogen and oxygen atoms in total. The molecule has 1 rings (SSSR count). The van der Waals surface area contributed by atoms with Gasteiger partial charge in [-0.25, -0.2) is 0 Å². The molecule has 0 radical (unpaired) electrons. The quantitative estimate of drug-likeness (QED) is 0.331. The molecule has 20 heavy (non-hydrogen) atoms. The molecular formula is C14H17NO5. The lowest BCUT2D eigenvalue weighted by atomic mass is 10.1. The van der Waals surface area contributed by atoms with Crippen molar-refractivity contribution in [1.29, 1.82) is 0 Å². The summed E-state index contributed by atoms with van der Waals surface area (Å²) in [4.78, 5) is 33.3. The molecule has 108 valence electrons. The third kappa shape index (κ3) is 4.46. The number of benzene rings is 1. The van der Waals surface area contributed by atoms with Crippen LogP contribution in [-0.4, -0.2) is 23.3 Å². The van der Waals surface area contributed by atoms with E-state index in [9.17, 15) is 19.7 Å². The molecule has 0 heterocycles. The van der Waals surface area contributed by atoms with E-state index in [0.29, 0.717) is 6.42 Å². The average Bonchev–Trinajstić information content (AvgIpc) is 2.44. The van der Waals surface area contributed by atoms with E-state index in [1.165, 1.54) is 24.3 Å². The number of carbonyl (C=O) groups is 2. The summed E-state index contributed by atoms with van der Waals surface area (Å²) in [5.74, 6) is -1.01. The number of nitro benzene ring substituents is 1. The average molecular weight is 279 g/mol. The van der Waals surface area contributed by atoms with Crippen molar-refractivity contribution in [2.24, 2.45) is 5.92 Å². The number of ketones is 1. The standard InChI is InChI=1S/C14H17NO5/c1-3-4-10(2)14(17)20-9-13(16)11-5-7-12(8-6-11)15(18)19/h5-8,10H,3-4,9H2,1-2H3/t10-/m1/s1. The molecule has 1 aromatic carbocycles. The maximum atomic E-state index is 11.8. The van der Waals surface area contributed by atoms with Crippen molar-refractivity contribution in [3.63, 3.8) is 0 Å². The number of rotatable bonds is 7. The van der Waals surface area contributed by atoms with Gasteiger partial charge in [-0.3, -0.25) is 19.7 Å². The second kappa shape index (κ2) is 7.37. The Morgan fingerprint density at radius 2 is 1.90 bits per heavy atom. The molecule has 0 bridgehead atoms. The first-order valence-corrected chi connectivity index (χ1v) is 6.40. The monoisotopic (exact) mass is 279 g/mol. The number of hydrogen-bond acceptors (Lipinski definition) is 5. The van der Waals surface area contributed by atoms with Gasteiger partial charge >= 0.3 is 5.97 Å². The number of nitro groups is 1. The Hall–Kier alpha value is -2.24. The molecule has 0 N–H and O–H groups in total. The summed E-state index contributed by atoms with van der Waals surface area (Å²) < 4.78 is 4.93. The van der Waals surface area contributed by atoms with Crippen LogP contribution in [-0.2, 0) is 9.53 Å². The minimum Gasteiger partial charge on any atom is -0.457 e. The topological polar surface area (TPSA) is 86.5 Å². The summed E-state index contributed by atoms with van der Waals surface area (Å²) in [6.07, 6.45) is 1.58. The van der Waals surface area contributed by atoms with E-state index in [0.717, 1.165) is 6.42 Å². The van der Waals surface area contributed by atoms with Crippen LogP contribution >= 0.6 is 0 Å². The maximum Gasteiger partial charge on any atom is 0.309 e. The largest absolute Gasteiger partial charge is 0.457 e. The highest BCUT2D eigenvalue weighted by Gasteiger charge is 2.16. The Kier molecular flexibility index (Phi) is 5.83. The van der Waals surface area contributed by atoms with E-state index >= 15 is 0 Å². The predicted octanol–water partition coefficient (Wildman–Crippen LogP) is 2.76. The van der Waals surface area contributed by atoms with Crippen LogP contribution in [0, 0.1) is 16.0 Å². The molecule has 0 saturated carbocycles. The molecule has 0 aliphatic heterocycles. The lowest BCUT2D eigenvalue weighted by Crippen LogP contribution is -2.19. The molecule has 0 fully saturated rings. The molecule has 0 saturated heterocycles. The first kappa shape index (κ1) is 15.8. The van der Waals surface area contributed by atoms with Gasteiger partial charge in [0.05, 0.1) is 10.8 Å². The normalized spacial score (nSPS) is 11.7.